The van der Waals surface area contributed by atoms with Gasteiger partial charge in [-0.15, -0.1) is 0 Å². The Labute approximate surface area is 125 Å². The number of nitrogens with zero attached hydrogens (tertiary/aromatic N) is 1. The van der Waals surface area contributed by atoms with E-state index in [-0.39, 0.29) is 10.9 Å². The number of aryl methyl sites for hydroxylation is 1. The molecule has 1 aromatic rings. The molecule has 0 aliphatic carbocycles. The fraction of sp³-hybridized carbons (Fsp3) is 0.571. The van der Waals surface area contributed by atoms with E-state index in [4.69, 9.17) is 15.2 Å². The summed E-state index contributed by atoms with van der Waals surface area (Å²) in [6, 6.07) is 2.98. The molecule has 1 atom stereocenters. The Morgan fingerprint density at radius 1 is 1.48 bits per heavy atom. The predicted molar refractivity (Wildman–Crippen MR) is 80.9 cm³/mol. The van der Waals surface area contributed by atoms with Crippen molar-refractivity contribution >= 4 is 15.7 Å². The topological polar surface area (TPSA) is 81.9 Å². The maximum absolute atomic E-state index is 12.9. The maximum atomic E-state index is 12.9. The van der Waals surface area contributed by atoms with Gasteiger partial charge < -0.3 is 15.2 Å². The van der Waals surface area contributed by atoms with E-state index in [1.807, 2.05) is 13.8 Å². The number of morpholine rings is 1. The monoisotopic (exact) mass is 314 g/mol. The van der Waals surface area contributed by atoms with Gasteiger partial charge in [-0.25, -0.2) is 8.42 Å². The molecule has 118 valence electrons. The second kappa shape index (κ2) is 6.21. The van der Waals surface area contributed by atoms with Gasteiger partial charge in [0.25, 0.3) is 0 Å². The smallest absolute Gasteiger partial charge is 0.247 e. The molecule has 0 aromatic heterocycles. The van der Waals surface area contributed by atoms with Crippen LogP contribution in [0.25, 0.3) is 0 Å². The first-order valence-electron chi connectivity index (χ1n) is 6.95. The molecule has 2 rings (SSSR count). The van der Waals surface area contributed by atoms with E-state index in [1.54, 1.807) is 6.07 Å². The quantitative estimate of drug-likeness (QED) is 0.849. The molecule has 0 radical (unpaired) electrons. The lowest BCUT2D eigenvalue weighted by Gasteiger charge is -2.34. The maximum Gasteiger partial charge on any atom is 0.247 e. The molecule has 0 bridgehead atoms. The third-order valence-corrected chi connectivity index (χ3v) is 5.76. The Morgan fingerprint density at radius 2 is 2.19 bits per heavy atom. The van der Waals surface area contributed by atoms with Crippen molar-refractivity contribution < 1.29 is 17.9 Å². The number of methoxy groups -OCH3 is 1. The highest BCUT2D eigenvalue weighted by atomic mass is 32.2. The highest BCUT2D eigenvalue weighted by Gasteiger charge is 2.35. The SMILES string of the molecule is CCC1COCCN1S(=O)(=O)c1cc(N)c(C)cc1OC. The highest BCUT2D eigenvalue weighted by Crippen LogP contribution is 2.32. The van der Waals surface area contributed by atoms with E-state index in [1.165, 1.54) is 17.5 Å². The molecule has 1 saturated heterocycles. The van der Waals surface area contributed by atoms with E-state index in [0.29, 0.717) is 37.6 Å². The van der Waals surface area contributed by atoms with E-state index in [9.17, 15) is 8.42 Å². The minimum absolute atomic E-state index is 0.119. The average Bonchev–Trinajstić information content (AvgIpc) is 2.49. The van der Waals surface area contributed by atoms with Crippen LogP contribution >= 0.6 is 0 Å². The number of anilines is 1. The zero-order valence-corrected chi connectivity index (χ0v) is 13.4. The summed E-state index contributed by atoms with van der Waals surface area (Å²) in [4.78, 5) is 0.119. The Balaban J connectivity index is 2.50. The van der Waals surface area contributed by atoms with Crippen molar-refractivity contribution in [2.45, 2.75) is 31.2 Å². The second-order valence-electron chi connectivity index (χ2n) is 5.11. The highest BCUT2D eigenvalue weighted by molar-refractivity contribution is 7.89. The van der Waals surface area contributed by atoms with Gasteiger partial charge in [-0.3, -0.25) is 0 Å². The van der Waals surface area contributed by atoms with Gasteiger partial charge in [0.2, 0.25) is 10.0 Å². The van der Waals surface area contributed by atoms with Gasteiger partial charge in [-0.2, -0.15) is 4.31 Å². The van der Waals surface area contributed by atoms with Crippen LogP contribution in [-0.4, -0.2) is 45.6 Å². The molecule has 1 aliphatic heterocycles. The summed E-state index contributed by atoms with van der Waals surface area (Å²) in [6.07, 6.45) is 0.697. The first kappa shape index (κ1) is 16.1. The fourth-order valence-electron chi connectivity index (χ4n) is 2.44. The van der Waals surface area contributed by atoms with Gasteiger partial charge >= 0.3 is 0 Å². The molecule has 1 aromatic carbocycles. The van der Waals surface area contributed by atoms with Gasteiger partial charge in [-0.1, -0.05) is 6.92 Å². The van der Waals surface area contributed by atoms with Crippen molar-refractivity contribution in [3.63, 3.8) is 0 Å². The molecule has 1 heterocycles. The lowest BCUT2D eigenvalue weighted by molar-refractivity contribution is 0.0313. The second-order valence-corrected chi connectivity index (χ2v) is 6.97. The van der Waals surface area contributed by atoms with Crippen molar-refractivity contribution in [3.05, 3.63) is 17.7 Å². The van der Waals surface area contributed by atoms with Gasteiger partial charge in [0.15, 0.2) is 0 Å². The van der Waals surface area contributed by atoms with Crippen LogP contribution in [0.1, 0.15) is 18.9 Å². The molecular formula is C14H22N2O4S. The van der Waals surface area contributed by atoms with E-state index in [2.05, 4.69) is 0 Å². The van der Waals surface area contributed by atoms with Crippen molar-refractivity contribution in [1.29, 1.82) is 0 Å². The summed E-state index contributed by atoms with van der Waals surface area (Å²) in [5, 5.41) is 0. The molecule has 1 fully saturated rings. The first-order chi connectivity index (χ1) is 9.91. The van der Waals surface area contributed by atoms with Crippen molar-refractivity contribution in [2.75, 3.05) is 32.6 Å². The van der Waals surface area contributed by atoms with E-state index < -0.39 is 10.0 Å². The van der Waals surface area contributed by atoms with Crippen LogP contribution < -0.4 is 10.5 Å². The molecular weight excluding hydrogens is 292 g/mol. The zero-order valence-electron chi connectivity index (χ0n) is 12.6. The predicted octanol–water partition coefficient (Wildman–Crippen LogP) is 1.39. The van der Waals surface area contributed by atoms with Gasteiger partial charge in [-0.05, 0) is 31.0 Å². The molecule has 0 amide bonds. The Morgan fingerprint density at radius 3 is 2.81 bits per heavy atom. The van der Waals surface area contributed by atoms with E-state index in [0.717, 1.165) is 5.56 Å². The van der Waals surface area contributed by atoms with Crippen LogP contribution in [0.5, 0.6) is 5.75 Å². The van der Waals surface area contributed by atoms with Crippen molar-refractivity contribution in [1.82, 2.24) is 4.31 Å². The molecule has 1 unspecified atom stereocenters. The number of hydrogen-bond donors (Lipinski definition) is 1. The zero-order chi connectivity index (χ0) is 15.6. The number of nitrogens with two attached hydrogens (primary N) is 1. The number of sulfonamides is 1. The molecule has 6 nitrogen and oxygen atoms in total. The third-order valence-electron chi connectivity index (χ3n) is 3.78. The number of ether oxygens (including phenoxy) is 2. The molecule has 2 N–H and O–H groups in total. The van der Waals surface area contributed by atoms with Crippen LogP contribution in [0, 0.1) is 6.92 Å². The van der Waals surface area contributed by atoms with Gasteiger partial charge in [0, 0.05) is 18.3 Å². The molecule has 21 heavy (non-hydrogen) atoms. The summed E-state index contributed by atoms with van der Waals surface area (Å²) >= 11 is 0. The van der Waals surface area contributed by atoms with E-state index >= 15 is 0 Å². The Bertz CT molecular complexity index is 616. The third kappa shape index (κ3) is 3.00. The minimum atomic E-state index is -3.66. The van der Waals surface area contributed by atoms with Gasteiger partial charge in [0.1, 0.15) is 10.6 Å². The van der Waals surface area contributed by atoms with Crippen molar-refractivity contribution in [2.24, 2.45) is 0 Å². The largest absolute Gasteiger partial charge is 0.495 e. The normalized spacial score (nSPS) is 20.4. The lowest BCUT2D eigenvalue weighted by Crippen LogP contribution is -2.48. The summed E-state index contributed by atoms with van der Waals surface area (Å²) in [7, 11) is -2.20. The lowest BCUT2D eigenvalue weighted by atomic mass is 10.2. The summed E-state index contributed by atoms with van der Waals surface area (Å²) < 4.78 is 38.0. The van der Waals surface area contributed by atoms with Crippen LogP contribution in [0.15, 0.2) is 17.0 Å². The Kier molecular flexibility index (Phi) is 4.75. The van der Waals surface area contributed by atoms with Crippen LogP contribution in [0.4, 0.5) is 5.69 Å². The fourth-order valence-corrected chi connectivity index (χ4v) is 4.28. The van der Waals surface area contributed by atoms with Gasteiger partial charge in [0.05, 0.1) is 20.3 Å². The average molecular weight is 314 g/mol. The number of rotatable bonds is 4. The summed E-state index contributed by atoms with van der Waals surface area (Å²) in [5.41, 5.74) is 7.11. The van der Waals surface area contributed by atoms with Crippen LogP contribution in [0.2, 0.25) is 0 Å². The Hall–Kier alpha value is -1.31. The minimum Gasteiger partial charge on any atom is -0.495 e. The first-order valence-corrected chi connectivity index (χ1v) is 8.39. The number of hydrogen-bond acceptors (Lipinski definition) is 5. The molecule has 7 heteroatoms. The number of nitrogen functional groups attached to an aromatic ring is 1. The van der Waals surface area contributed by atoms with Crippen LogP contribution in [-0.2, 0) is 14.8 Å². The molecule has 1 aliphatic rings. The molecule has 0 spiro atoms. The van der Waals surface area contributed by atoms with Crippen molar-refractivity contribution in [3.8, 4) is 5.75 Å². The number of benzene rings is 1. The van der Waals surface area contributed by atoms with Crippen LogP contribution in [0.3, 0.4) is 0 Å². The standard InChI is InChI=1S/C14H22N2O4S/c1-4-11-9-20-6-5-16(11)21(17,18)14-8-12(15)10(2)7-13(14)19-3/h7-8,11H,4-6,9,15H2,1-3H3. The summed E-state index contributed by atoms with van der Waals surface area (Å²) in [6.45, 7) is 4.93. The molecule has 0 saturated carbocycles. The summed E-state index contributed by atoms with van der Waals surface area (Å²) in [5.74, 6) is 0.322.